The average Bonchev–Trinajstić information content (AvgIpc) is 2.77. The molecule has 0 saturated heterocycles. The summed E-state index contributed by atoms with van der Waals surface area (Å²) in [6.45, 7) is 2.00. The first-order chi connectivity index (χ1) is 9.54. The van der Waals surface area contributed by atoms with E-state index >= 15 is 0 Å². The fourth-order valence-electron chi connectivity index (χ4n) is 2.51. The Morgan fingerprint density at radius 2 is 2.00 bits per heavy atom. The number of fused-ring (bicyclic) bond motifs is 1. The van der Waals surface area contributed by atoms with Crippen LogP contribution in [0.25, 0.3) is 0 Å². The zero-order valence-corrected chi connectivity index (χ0v) is 12.4. The van der Waals surface area contributed by atoms with Gasteiger partial charge in [-0.2, -0.15) is 0 Å². The molecule has 1 unspecified atom stereocenters. The van der Waals surface area contributed by atoms with E-state index in [9.17, 15) is 4.79 Å². The number of amides is 1. The molecule has 1 heterocycles. The molecule has 0 fully saturated rings. The van der Waals surface area contributed by atoms with Crippen LogP contribution >= 0.6 is 23.2 Å². The fourth-order valence-corrected chi connectivity index (χ4v) is 3.12. The van der Waals surface area contributed by atoms with Crippen molar-refractivity contribution in [3.63, 3.8) is 0 Å². The van der Waals surface area contributed by atoms with Crippen LogP contribution < -0.4 is 5.32 Å². The monoisotopic (exact) mass is 305 g/mol. The number of carbonyl (C=O) groups excluding carboxylic acids is 1. The number of hydrogen-bond acceptors (Lipinski definition) is 1. The summed E-state index contributed by atoms with van der Waals surface area (Å²) >= 11 is 12.6. The molecule has 2 nitrogen and oxygen atoms in total. The molecule has 4 heteroatoms. The Bertz CT molecular complexity index is 697. The van der Waals surface area contributed by atoms with Gasteiger partial charge in [0.25, 0.3) is 0 Å². The minimum Gasteiger partial charge on any atom is -0.326 e. The molecule has 0 spiro atoms. The Hall–Kier alpha value is -1.51. The molecule has 0 aromatic heterocycles. The van der Waals surface area contributed by atoms with Crippen LogP contribution in [0.15, 0.2) is 36.4 Å². The Morgan fingerprint density at radius 1 is 1.20 bits per heavy atom. The van der Waals surface area contributed by atoms with E-state index in [2.05, 4.69) is 5.32 Å². The number of hydrogen-bond donors (Lipinski definition) is 1. The van der Waals surface area contributed by atoms with E-state index < -0.39 is 0 Å². The zero-order chi connectivity index (χ0) is 14.3. The first-order valence-electron chi connectivity index (χ1n) is 6.37. The van der Waals surface area contributed by atoms with E-state index in [1.807, 2.05) is 43.3 Å². The second-order valence-corrected chi connectivity index (χ2v) is 5.88. The molecule has 3 rings (SSSR count). The summed E-state index contributed by atoms with van der Waals surface area (Å²) in [6, 6.07) is 11.6. The van der Waals surface area contributed by atoms with Crippen LogP contribution in [0.4, 0.5) is 5.69 Å². The fraction of sp³-hybridized carbons (Fsp3) is 0.188. The molecule has 0 aliphatic carbocycles. The van der Waals surface area contributed by atoms with Crippen LogP contribution in [0.1, 0.15) is 27.6 Å². The molecule has 2 aromatic rings. The smallest absolute Gasteiger partial charge is 0.228 e. The molecule has 0 saturated carbocycles. The lowest BCUT2D eigenvalue weighted by molar-refractivity contribution is -0.115. The maximum Gasteiger partial charge on any atom is 0.228 e. The summed E-state index contributed by atoms with van der Waals surface area (Å²) in [5.41, 5.74) is 4.98. The molecular weight excluding hydrogens is 293 g/mol. The summed E-state index contributed by atoms with van der Waals surface area (Å²) in [5, 5.41) is 3.29. The van der Waals surface area contributed by atoms with E-state index in [0.717, 1.165) is 27.9 Å². The van der Waals surface area contributed by atoms with Gasteiger partial charge in [0.05, 0.1) is 11.8 Å². The molecule has 20 heavy (non-hydrogen) atoms. The number of nitrogens with one attached hydrogen (secondary N) is 1. The third kappa shape index (κ3) is 2.41. The van der Waals surface area contributed by atoms with Crippen molar-refractivity contribution < 1.29 is 4.79 Å². The number of benzene rings is 2. The number of anilines is 1. The average molecular weight is 306 g/mol. The number of alkyl halides is 1. The molecule has 1 amide bonds. The highest BCUT2D eigenvalue weighted by molar-refractivity contribution is 6.30. The van der Waals surface area contributed by atoms with Gasteiger partial charge in [0.1, 0.15) is 0 Å². The lowest BCUT2D eigenvalue weighted by Gasteiger charge is -2.14. The van der Waals surface area contributed by atoms with Crippen molar-refractivity contribution in [2.45, 2.75) is 18.7 Å². The van der Waals surface area contributed by atoms with Gasteiger partial charge in [-0.15, -0.1) is 11.6 Å². The maximum atomic E-state index is 11.4. The van der Waals surface area contributed by atoms with Crippen LogP contribution in [0, 0.1) is 6.92 Å². The third-order valence-electron chi connectivity index (χ3n) is 3.55. The molecule has 0 radical (unpaired) electrons. The highest BCUT2D eigenvalue weighted by Crippen LogP contribution is 2.35. The first-order valence-corrected chi connectivity index (χ1v) is 7.19. The van der Waals surface area contributed by atoms with Crippen LogP contribution in [-0.2, 0) is 11.2 Å². The van der Waals surface area contributed by atoms with Crippen molar-refractivity contribution in [1.29, 1.82) is 0 Å². The Balaban J connectivity index is 1.97. The van der Waals surface area contributed by atoms with E-state index in [1.165, 1.54) is 0 Å². The van der Waals surface area contributed by atoms with Crippen molar-refractivity contribution in [3.8, 4) is 0 Å². The number of carbonyl (C=O) groups is 1. The van der Waals surface area contributed by atoms with Gasteiger partial charge in [-0.3, -0.25) is 4.79 Å². The molecular formula is C16H13Cl2NO. The topological polar surface area (TPSA) is 29.1 Å². The van der Waals surface area contributed by atoms with Gasteiger partial charge in [0.15, 0.2) is 0 Å². The lowest BCUT2D eigenvalue weighted by Crippen LogP contribution is -2.03. The van der Waals surface area contributed by atoms with Crippen molar-refractivity contribution in [1.82, 2.24) is 0 Å². The summed E-state index contributed by atoms with van der Waals surface area (Å²) in [6.07, 6.45) is 0.423. The van der Waals surface area contributed by atoms with Crippen molar-refractivity contribution >= 4 is 34.8 Å². The van der Waals surface area contributed by atoms with Crippen molar-refractivity contribution in [2.24, 2.45) is 0 Å². The largest absolute Gasteiger partial charge is 0.326 e. The summed E-state index contributed by atoms with van der Waals surface area (Å²) < 4.78 is 0. The van der Waals surface area contributed by atoms with Crippen LogP contribution in [-0.4, -0.2) is 5.91 Å². The number of aryl methyl sites for hydroxylation is 1. The minimum atomic E-state index is -0.242. The van der Waals surface area contributed by atoms with E-state index in [1.54, 1.807) is 0 Å². The lowest BCUT2D eigenvalue weighted by atomic mass is 9.98. The van der Waals surface area contributed by atoms with E-state index in [0.29, 0.717) is 11.4 Å². The van der Waals surface area contributed by atoms with Crippen LogP contribution in [0.5, 0.6) is 0 Å². The van der Waals surface area contributed by atoms with Crippen molar-refractivity contribution in [2.75, 3.05) is 5.32 Å². The number of rotatable bonds is 2. The number of halogens is 2. The molecule has 0 bridgehead atoms. The van der Waals surface area contributed by atoms with Gasteiger partial charge >= 0.3 is 0 Å². The predicted molar refractivity (Wildman–Crippen MR) is 82.7 cm³/mol. The van der Waals surface area contributed by atoms with Gasteiger partial charge in [0.2, 0.25) is 5.91 Å². The highest BCUT2D eigenvalue weighted by atomic mass is 35.5. The summed E-state index contributed by atoms with van der Waals surface area (Å²) in [7, 11) is 0. The standard InChI is InChI=1S/C16H13Cl2NO/c1-9-6-12(17)3-4-13(9)16(18)10-2-5-14-11(7-10)8-15(20)19-14/h2-7,16H,8H2,1H3,(H,19,20). The predicted octanol–water partition coefficient (Wildman–Crippen LogP) is 4.47. The third-order valence-corrected chi connectivity index (χ3v) is 4.27. The maximum absolute atomic E-state index is 11.4. The minimum absolute atomic E-state index is 0.0333. The van der Waals surface area contributed by atoms with Crippen molar-refractivity contribution in [3.05, 3.63) is 63.7 Å². The van der Waals surface area contributed by atoms with Gasteiger partial charge < -0.3 is 5.32 Å². The van der Waals surface area contributed by atoms with E-state index in [4.69, 9.17) is 23.2 Å². The van der Waals surface area contributed by atoms with Crippen LogP contribution in [0.3, 0.4) is 0 Å². The molecule has 1 atom stereocenters. The SMILES string of the molecule is Cc1cc(Cl)ccc1C(Cl)c1ccc2c(c1)CC(=O)N2. The summed E-state index contributed by atoms with van der Waals surface area (Å²) in [5.74, 6) is 0.0333. The first kappa shape index (κ1) is 13.5. The van der Waals surface area contributed by atoms with Gasteiger partial charge in [-0.25, -0.2) is 0 Å². The van der Waals surface area contributed by atoms with Gasteiger partial charge in [-0.1, -0.05) is 29.8 Å². The Morgan fingerprint density at radius 3 is 2.75 bits per heavy atom. The van der Waals surface area contributed by atoms with Gasteiger partial charge in [-0.05, 0) is 47.4 Å². The second-order valence-electron chi connectivity index (χ2n) is 5.01. The Labute approximate surface area is 127 Å². The quantitative estimate of drug-likeness (QED) is 0.815. The molecule has 1 aliphatic rings. The normalized spacial score (nSPS) is 14.8. The Kier molecular flexibility index (Phi) is 3.45. The zero-order valence-electron chi connectivity index (χ0n) is 10.9. The molecule has 2 aromatic carbocycles. The van der Waals surface area contributed by atoms with E-state index in [-0.39, 0.29) is 11.3 Å². The second kappa shape index (κ2) is 5.12. The highest BCUT2D eigenvalue weighted by Gasteiger charge is 2.20. The van der Waals surface area contributed by atoms with Gasteiger partial charge in [0, 0.05) is 10.7 Å². The summed E-state index contributed by atoms with van der Waals surface area (Å²) in [4.78, 5) is 11.4. The molecule has 102 valence electrons. The molecule has 1 aliphatic heterocycles. The molecule has 1 N–H and O–H groups in total. The van der Waals surface area contributed by atoms with Crippen LogP contribution in [0.2, 0.25) is 5.02 Å².